The Labute approximate surface area is 132 Å². The maximum atomic E-state index is 6.24. The molecule has 0 spiro atoms. The predicted octanol–water partition coefficient (Wildman–Crippen LogP) is 5.15. The molecule has 0 amide bonds. The van der Waals surface area contributed by atoms with Gasteiger partial charge in [0.25, 0.3) is 0 Å². The van der Waals surface area contributed by atoms with E-state index in [0.29, 0.717) is 6.04 Å². The minimum Gasteiger partial charge on any atom is -0.376 e. The number of rotatable bonds is 2. The van der Waals surface area contributed by atoms with Crippen LogP contribution in [0.25, 0.3) is 10.9 Å². The first-order chi connectivity index (χ1) is 10.3. The van der Waals surface area contributed by atoms with Crippen LogP contribution in [0.4, 0.5) is 5.69 Å². The Morgan fingerprint density at radius 3 is 3.00 bits per heavy atom. The van der Waals surface area contributed by atoms with Crippen molar-refractivity contribution in [2.45, 2.75) is 10.9 Å². The lowest BCUT2D eigenvalue weighted by Gasteiger charge is -2.16. The first kappa shape index (κ1) is 13.0. The number of nitrogens with zero attached hydrogens (tertiary/aromatic N) is 1. The summed E-state index contributed by atoms with van der Waals surface area (Å²) in [5, 5.41) is 5.41. The molecule has 1 aromatic heterocycles. The Morgan fingerprint density at radius 2 is 2.05 bits per heavy atom. The van der Waals surface area contributed by atoms with Crippen molar-refractivity contribution in [1.29, 1.82) is 0 Å². The highest BCUT2D eigenvalue weighted by molar-refractivity contribution is 7.99. The standard InChI is InChI=1S/C17H13ClN2S/c18-12-8-11-4-3-7-19-17(11)14(9-12)20-15-10-21-16-6-2-1-5-13(15)16/h1-9,15,20H,10H2. The van der Waals surface area contributed by atoms with Crippen LogP contribution in [-0.2, 0) is 0 Å². The van der Waals surface area contributed by atoms with Crippen molar-refractivity contribution in [2.24, 2.45) is 0 Å². The number of hydrogen-bond donors (Lipinski definition) is 1. The third-order valence-corrected chi connectivity index (χ3v) is 5.10. The molecule has 4 heteroatoms. The van der Waals surface area contributed by atoms with E-state index < -0.39 is 0 Å². The SMILES string of the molecule is Clc1cc(NC2CSc3ccccc32)c2ncccc2c1. The number of fused-ring (bicyclic) bond motifs is 2. The van der Waals surface area contributed by atoms with E-state index in [1.54, 1.807) is 0 Å². The third-order valence-electron chi connectivity index (χ3n) is 3.70. The molecule has 0 saturated heterocycles. The van der Waals surface area contributed by atoms with Crippen LogP contribution >= 0.6 is 23.4 Å². The van der Waals surface area contributed by atoms with Crippen LogP contribution in [0.2, 0.25) is 5.02 Å². The second kappa shape index (κ2) is 5.24. The summed E-state index contributed by atoms with van der Waals surface area (Å²) in [6.45, 7) is 0. The highest BCUT2D eigenvalue weighted by Gasteiger charge is 2.23. The van der Waals surface area contributed by atoms with Gasteiger partial charge in [-0.15, -0.1) is 11.8 Å². The van der Waals surface area contributed by atoms with Gasteiger partial charge in [-0.1, -0.05) is 35.9 Å². The van der Waals surface area contributed by atoms with Crippen LogP contribution in [-0.4, -0.2) is 10.7 Å². The molecule has 104 valence electrons. The summed E-state index contributed by atoms with van der Waals surface area (Å²) in [7, 11) is 0. The minimum absolute atomic E-state index is 0.301. The van der Waals surface area contributed by atoms with Crippen LogP contribution in [0.3, 0.4) is 0 Å². The maximum absolute atomic E-state index is 6.24. The molecule has 1 atom stereocenters. The van der Waals surface area contributed by atoms with Gasteiger partial charge in [-0.2, -0.15) is 0 Å². The van der Waals surface area contributed by atoms with Gasteiger partial charge in [-0.3, -0.25) is 4.98 Å². The summed E-state index contributed by atoms with van der Waals surface area (Å²) in [6.07, 6.45) is 1.82. The van der Waals surface area contributed by atoms with E-state index in [2.05, 4.69) is 34.6 Å². The Bertz CT molecular complexity index is 819. The Balaban J connectivity index is 1.76. The number of anilines is 1. The van der Waals surface area contributed by atoms with Gasteiger partial charge in [0.05, 0.1) is 17.2 Å². The van der Waals surface area contributed by atoms with Gasteiger partial charge < -0.3 is 5.32 Å². The van der Waals surface area contributed by atoms with Gasteiger partial charge in [0, 0.05) is 27.3 Å². The fourth-order valence-corrected chi connectivity index (χ4v) is 4.12. The fraction of sp³-hybridized carbons (Fsp3) is 0.118. The predicted molar refractivity (Wildman–Crippen MR) is 90.3 cm³/mol. The number of halogens is 1. The number of pyridine rings is 1. The van der Waals surface area contributed by atoms with Gasteiger partial charge in [0.2, 0.25) is 0 Å². The smallest absolute Gasteiger partial charge is 0.0934 e. The fourth-order valence-electron chi connectivity index (χ4n) is 2.74. The average molecular weight is 313 g/mol. The summed E-state index contributed by atoms with van der Waals surface area (Å²) < 4.78 is 0. The zero-order chi connectivity index (χ0) is 14.2. The van der Waals surface area contributed by atoms with Crippen LogP contribution in [0.15, 0.2) is 59.6 Å². The molecule has 0 fully saturated rings. The molecule has 2 aromatic carbocycles. The monoisotopic (exact) mass is 312 g/mol. The summed E-state index contributed by atoms with van der Waals surface area (Å²) in [6, 6.07) is 16.7. The second-order valence-corrected chi connectivity index (χ2v) is 6.57. The molecular formula is C17H13ClN2S. The third kappa shape index (κ3) is 2.37. The normalized spacial score (nSPS) is 16.9. The van der Waals surface area contributed by atoms with E-state index >= 15 is 0 Å². The molecule has 4 rings (SSSR count). The maximum Gasteiger partial charge on any atom is 0.0934 e. The second-order valence-electron chi connectivity index (χ2n) is 5.07. The molecular weight excluding hydrogens is 300 g/mol. The molecule has 0 radical (unpaired) electrons. The Kier molecular flexibility index (Phi) is 3.24. The molecule has 1 unspecified atom stereocenters. The molecule has 0 bridgehead atoms. The largest absolute Gasteiger partial charge is 0.376 e. The number of nitrogens with one attached hydrogen (secondary N) is 1. The molecule has 0 aliphatic carbocycles. The lowest BCUT2D eigenvalue weighted by molar-refractivity contribution is 0.901. The van der Waals surface area contributed by atoms with Crippen molar-refractivity contribution in [3.63, 3.8) is 0 Å². The van der Waals surface area contributed by atoms with Crippen molar-refractivity contribution in [1.82, 2.24) is 4.98 Å². The molecule has 1 N–H and O–H groups in total. The summed E-state index contributed by atoms with van der Waals surface area (Å²) >= 11 is 8.13. The average Bonchev–Trinajstić information content (AvgIpc) is 2.90. The Hall–Kier alpha value is -1.71. The zero-order valence-electron chi connectivity index (χ0n) is 11.2. The molecule has 1 aliphatic rings. The van der Waals surface area contributed by atoms with Crippen molar-refractivity contribution < 1.29 is 0 Å². The topological polar surface area (TPSA) is 24.9 Å². The van der Waals surface area contributed by atoms with E-state index in [1.165, 1.54) is 10.5 Å². The van der Waals surface area contributed by atoms with Crippen molar-refractivity contribution in [2.75, 3.05) is 11.1 Å². The van der Waals surface area contributed by atoms with E-state index in [1.807, 2.05) is 42.2 Å². The minimum atomic E-state index is 0.301. The number of benzene rings is 2. The number of hydrogen-bond acceptors (Lipinski definition) is 3. The summed E-state index contributed by atoms with van der Waals surface area (Å²) in [5.41, 5.74) is 3.32. The van der Waals surface area contributed by atoms with Crippen molar-refractivity contribution in [3.8, 4) is 0 Å². The van der Waals surface area contributed by atoms with E-state index in [0.717, 1.165) is 27.4 Å². The van der Waals surface area contributed by atoms with Gasteiger partial charge in [-0.25, -0.2) is 0 Å². The van der Waals surface area contributed by atoms with Gasteiger partial charge in [0.1, 0.15) is 0 Å². The van der Waals surface area contributed by atoms with Crippen LogP contribution in [0.1, 0.15) is 11.6 Å². The summed E-state index contributed by atoms with van der Waals surface area (Å²) in [5.74, 6) is 1.03. The quantitative estimate of drug-likeness (QED) is 0.708. The van der Waals surface area contributed by atoms with Crippen molar-refractivity contribution >= 4 is 40.0 Å². The molecule has 21 heavy (non-hydrogen) atoms. The highest BCUT2D eigenvalue weighted by atomic mass is 35.5. The summed E-state index contributed by atoms with van der Waals surface area (Å²) in [4.78, 5) is 5.85. The van der Waals surface area contributed by atoms with Crippen LogP contribution in [0, 0.1) is 0 Å². The number of thioether (sulfide) groups is 1. The van der Waals surface area contributed by atoms with Crippen LogP contribution in [0.5, 0.6) is 0 Å². The number of aromatic nitrogens is 1. The zero-order valence-corrected chi connectivity index (χ0v) is 12.8. The van der Waals surface area contributed by atoms with Crippen LogP contribution < -0.4 is 5.32 Å². The van der Waals surface area contributed by atoms with E-state index in [-0.39, 0.29) is 0 Å². The first-order valence-electron chi connectivity index (χ1n) is 6.84. The lowest BCUT2D eigenvalue weighted by Crippen LogP contribution is -2.10. The Morgan fingerprint density at radius 1 is 1.14 bits per heavy atom. The van der Waals surface area contributed by atoms with Crippen molar-refractivity contribution in [3.05, 3.63) is 65.3 Å². The lowest BCUT2D eigenvalue weighted by atomic mass is 10.1. The van der Waals surface area contributed by atoms with Gasteiger partial charge >= 0.3 is 0 Å². The van der Waals surface area contributed by atoms with E-state index in [4.69, 9.17) is 11.6 Å². The molecule has 2 nitrogen and oxygen atoms in total. The van der Waals surface area contributed by atoms with E-state index in [9.17, 15) is 0 Å². The first-order valence-corrected chi connectivity index (χ1v) is 8.20. The molecule has 2 heterocycles. The molecule has 1 aliphatic heterocycles. The highest BCUT2D eigenvalue weighted by Crippen LogP contribution is 2.40. The molecule has 0 saturated carbocycles. The molecule has 3 aromatic rings. The van der Waals surface area contributed by atoms with Gasteiger partial charge in [0.15, 0.2) is 0 Å². The van der Waals surface area contributed by atoms with Gasteiger partial charge in [-0.05, 0) is 29.8 Å².